The van der Waals surface area contributed by atoms with Gasteiger partial charge in [-0.25, -0.2) is 9.48 Å². The molecule has 9 heteroatoms. The van der Waals surface area contributed by atoms with Gasteiger partial charge in [-0.05, 0) is 43.2 Å². The number of nitrogens with zero attached hydrogens (tertiary/aromatic N) is 4. The van der Waals surface area contributed by atoms with Gasteiger partial charge < -0.3 is 10.2 Å². The van der Waals surface area contributed by atoms with Crippen LogP contribution in [0.25, 0.3) is 16.9 Å². The Morgan fingerprint density at radius 2 is 1.71 bits per heavy atom. The number of aromatic nitrogens is 3. The Kier molecular flexibility index (Phi) is 4.50. The minimum Gasteiger partial charge on any atom is -0.337 e. The van der Waals surface area contributed by atoms with Crippen LogP contribution in [0.1, 0.15) is 23.3 Å². The van der Waals surface area contributed by atoms with Gasteiger partial charge >= 0.3 is 6.03 Å². The summed E-state index contributed by atoms with van der Waals surface area (Å²) < 4.78 is 1.75. The van der Waals surface area contributed by atoms with E-state index in [-0.39, 0.29) is 11.8 Å². The van der Waals surface area contributed by atoms with Crippen LogP contribution in [0.3, 0.4) is 0 Å². The third kappa shape index (κ3) is 3.33. The Morgan fingerprint density at radius 3 is 2.35 bits per heavy atom. The van der Waals surface area contributed by atoms with Gasteiger partial charge in [0.2, 0.25) is 0 Å². The highest BCUT2D eigenvalue weighted by molar-refractivity contribution is 6.07. The molecule has 0 saturated carbocycles. The van der Waals surface area contributed by atoms with Gasteiger partial charge in [0.15, 0.2) is 5.69 Å². The first-order chi connectivity index (χ1) is 15.1. The van der Waals surface area contributed by atoms with Gasteiger partial charge in [0.1, 0.15) is 5.54 Å². The maximum atomic E-state index is 13.2. The molecule has 2 saturated heterocycles. The summed E-state index contributed by atoms with van der Waals surface area (Å²) >= 11 is 0. The van der Waals surface area contributed by atoms with Crippen LogP contribution in [0.5, 0.6) is 0 Å². The van der Waals surface area contributed by atoms with Crippen molar-refractivity contribution in [1.29, 1.82) is 0 Å². The molecule has 5 rings (SSSR count). The zero-order valence-corrected chi connectivity index (χ0v) is 16.6. The van der Waals surface area contributed by atoms with Crippen LogP contribution >= 0.6 is 0 Å². The summed E-state index contributed by atoms with van der Waals surface area (Å²) in [5.74, 6) is -0.525. The van der Waals surface area contributed by atoms with E-state index in [0.29, 0.717) is 31.6 Å². The number of para-hydroxylation sites is 1. The smallest absolute Gasteiger partial charge is 0.322 e. The Hall–Kier alpha value is -4.01. The molecule has 1 spiro atoms. The summed E-state index contributed by atoms with van der Waals surface area (Å²) in [5, 5.41) is 9.60. The van der Waals surface area contributed by atoms with Crippen LogP contribution in [0, 0.1) is 0 Å². The van der Waals surface area contributed by atoms with Gasteiger partial charge in [0, 0.05) is 31.0 Å². The molecule has 3 aromatic rings. The predicted molar refractivity (Wildman–Crippen MR) is 111 cm³/mol. The van der Waals surface area contributed by atoms with Crippen LogP contribution in [0.2, 0.25) is 0 Å². The van der Waals surface area contributed by atoms with E-state index in [9.17, 15) is 14.4 Å². The lowest BCUT2D eigenvalue weighted by atomic mass is 9.87. The monoisotopic (exact) mass is 416 g/mol. The molecule has 0 bridgehead atoms. The van der Waals surface area contributed by atoms with E-state index in [2.05, 4.69) is 20.7 Å². The number of benzene rings is 1. The standard InChI is InChI=1S/C22H20N6O3/c29-19(27-12-8-22(9-13-27)20(30)24-21(31)25-22)17-14-18(15-6-10-23-11-7-15)28(26-17)16-4-2-1-3-5-16/h1-7,10-11,14H,8-9,12-13H2,(H2,24,25,30,31). The topological polar surface area (TPSA) is 109 Å². The van der Waals surface area contributed by atoms with Crippen molar-refractivity contribution in [2.24, 2.45) is 0 Å². The molecule has 0 radical (unpaired) electrons. The Labute approximate surface area is 178 Å². The number of amides is 4. The molecule has 2 fully saturated rings. The summed E-state index contributed by atoms with van der Waals surface area (Å²) in [6.45, 7) is 0.713. The molecular formula is C22H20N6O3. The molecule has 2 aliphatic rings. The number of piperidine rings is 1. The number of imide groups is 1. The zero-order valence-electron chi connectivity index (χ0n) is 16.6. The van der Waals surface area contributed by atoms with Crippen LogP contribution in [-0.2, 0) is 4.79 Å². The molecule has 9 nitrogen and oxygen atoms in total. The van der Waals surface area contributed by atoms with Gasteiger partial charge in [0.05, 0.1) is 11.4 Å². The molecule has 0 aliphatic carbocycles. The fourth-order valence-corrected chi connectivity index (χ4v) is 4.11. The molecule has 2 aliphatic heterocycles. The Morgan fingerprint density at radius 1 is 1.00 bits per heavy atom. The molecular weight excluding hydrogens is 396 g/mol. The SMILES string of the molecule is O=C1NC(=O)C2(CCN(C(=O)c3cc(-c4ccncc4)n(-c4ccccc4)n3)CC2)N1. The van der Waals surface area contributed by atoms with Crippen molar-refractivity contribution in [1.82, 2.24) is 30.3 Å². The average molecular weight is 416 g/mol. The summed E-state index contributed by atoms with van der Waals surface area (Å²) in [5.41, 5.74) is 1.93. The van der Waals surface area contributed by atoms with Gasteiger partial charge in [0.25, 0.3) is 11.8 Å². The normalized spacial score (nSPS) is 17.5. The van der Waals surface area contributed by atoms with E-state index < -0.39 is 11.6 Å². The van der Waals surface area contributed by atoms with E-state index in [0.717, 1.165) is 16.9 Å². The fourth-order valence-electron chi connectivity index (χ4n) is 4.11. The maximum Gasteiger partial charge on any atom is 0.322 e. The third-order valence-corrected chi connectivity index (χ3v) is 5.82. The highest BCUT2D eigenvalue weighted by Gasteiger charge is 2.48. The summed E-state index contributed by atoms with van der Waals surface area (Å²) in [7, 11) is 0. The molecule has 0 atom stereocenters. The second kappa shape index (κ2) is 7.35. The number of carbonyl (C=O) groups is 3. The number of rotatable bonds is 3. The van der Waals surface area contributed by atoms with E-state index in [1.807, 2.05) is 42.5 Å². The van der Waals surface area contributed by atoms with Crippen molar-refractivity contribution in [3.63, 3.8) is 0 Å². The first-order valence-corrected chi connectivity index (χ1v) is 10.0. The number of nitrogens with one attached hydrogen (secondary N) is 2. The van der Waals surface area contributed by atoms with Crippen LogP contribution < -0.4 is 10.6 Å². The molecule has 31 heavy (non-hydrogen) atoms. The van der Waals surface area contributed by atoms with Crippen molar-refractivity contribution in [2.75, 3.05) is 13.1 Å². The van der Waals surface area contributed by atoms with Crippen LogP contribution in [-0.4, -0.2) is 56.1 Å². The molecule has 0 unspecified atom stereocenters. The van der Waals surface area contributed by atoms with Crippen molar-refractivity contribution < 1.29 is 14.4 Å². The molecule has 4 heterocycles. The van der Waals surface area contributed by atoms with E-state index in [1.165, 1.54) is 0 Å². The first-order valence-electron chi connectivity index (χ1n) is 10.0. The number of urea groups is 1. The molecule has 2 aromatic heterocycles. The highest BCUT2D eigenvalue weighted by atomic mass is 16.2. The maximum absolute atomic E-state index is 13.2. The lowest BCUT2D eigenvalue weighted by molar-refractivity contribution is -0.125. The molecule has 2 N–H and O–H groups in total. The first kappa shape index (κ1) is 19.0. The average Bonchev–Trinajstić information content (AvgIpc) is 3.36. The number of carbonyl (C=O) groups excluding carboxylic acids is 3. The number of hydrogen-bond donors (Lipinski definition) is 2. The lowest BCUT2D eigenvalue weighted by Crippen LogP contribution is -2.55. The summed E-state index contributed by atoms with van der Waals surface area (Å²) in [6.07, 6.45) is 4.13. The number of hydrogen-bond acceptors (Lipinski definition) is 5. The minimum absolute atomic E-state index is 0.204. The zero-order chi connectivity index (χ0) is 21.4. The van der Waals surface area contributed by atoms with Gasteiger partial charge in [-0.1, -0.05) is 18.2 Å². The lowest BCUT2D eigenvalue weighted by Gasteiger charge is -2.36. The molecule has 1 aromatic carbocycles. The number of pyridine rings is 1. The predicted octanol–water partition coefficient (Wildman–Crippen LogP) is 1.75. The second-order valence-corrected chi connectivity index (χ2v) is 7.68. The number of likely N-dealkylation sites (tertiary alicyclic amines) is 1. The molecule has 4 amide bonds. The van der Waals surface area contributed by atoms with Gasteiger partial charge in [-0.3, -0.25) is 19.9 Å². The second-order valence-electron chi connectivity index (χ2n) is 7.68. The van der Waals surface area contributed by atoms with E-state index in [4.69, 9.17) is 0 Å². The van der Waals surface area contributed by atoms with Crippen molar-refractivity contribution in [3.8, 4) is 16.9 Å². The van der Waals surface area contributed by atoms with Gasteiger partial charge in [-0.15, -0.1) is 0 Å². The minimum atomic E-state index is -0.917. The van der Waals surface area contributed by atoms with Gasteiger partial charge in [-0.2, -0.15) is 5.10 Å². The van der Waals surface area contributed by atoms with Crippen LogP contribution in [0.4, 0.5) is 4.79 Å². The largest absolute Gasteiger partial charge is 0.337 e. The van der Waals surface area contributed by atoms with E-state index in [1.54, 1.807) is 28.0 Å². The van der Waals surface area contributed by atoms with Crippen molar-refractivity contribution in [2.45, 2.75) is 18.4 Å². The quantitative estimate of drug-likeness (QED) is 0.632. The molecule has 156 valence electrons. The Balaban J connectivity index is 1.43. The highest BCUT2D eigenvalue weighted by Crippen LogP contribution is 2.28. The van der Waals surface area contributed by atoms with Crippen molar-refractivity contribution >= 4 is 17.8 Å². The third-order valence-electron chi connectivity index (χ3n) is 5.82. The van der Waals surface area contributed by atoms with Crippen LogP contribution in [0.15, 0.2) is 60.9 Å². The Bertz CT molecular complexity index is 1090. The summed E-state index contributed by atoms with van der Waals surface area (Å²) in [4.78, 5) is 42.7. The van der Waals surface area contributed by atoms with Crippen molar-refractivity contribution in [3.05, 3.63) is 66.6 Å². The summed E-state index contributed by atoms with van der Waals surface area (Å²) in [6, 6.07) is 14.7. The van der Waals surface area contributed by atoms with E-state index >= 15 is 0 Å². The fraction of sp³-hybridized carbons (Fsp3) is 0.227.